The number of fused-ring (bicyclic) bond motifs is 1. The lowest BCUT2D eigenvalue weighted by molar-refractivity contribution is -0.132. The molecule has 2 aromatic rings. The van der Waals surface area contributed by atoms with Gasteiger partial charge in [-0.05, 0) is 36.2 Å². The minimum atomic E-state index is -3.71. The summed E-state index contributed by atoms with van der Waals surface area (Å²) in [6, 6.07) is 14.4. The second kappa shape index (κ2) is 8.88. The third kappa shape index (κ3) is 5.02. The first-order chi connectivity index (χ1) is 14.8. The highest BCUT2D eigenvalue weighted by molar-refractivity contribution is 7.90. The van der Waals surface area contributed by atoms with Gasteiger partial charge < -0.3 is 15.1 Å². The molecule has 0 radical (unpaired) electrons. The van der Waals surface area contributed by atoms with E-state index in [0.29, 0.717) is 42.5 Å². The maximum absolute atomic E-state index is 12.8. The number of halogens is 1. The SMILES string of the molecule is CC(CC(=O)N1CCN(c2cccc(Cl)c2)CC1)CC1=NS(=O)(=O)c2ccccc2N1. The predicted molar refractivity (Wildman–Crippen MR) is 123 cm³/mol. The quantitative estimate of drug-likeness (QED) is 0.736. The Bertz CT molecular complexity index is 1110. The average molecular weight is 461 g/mol. The highest BCUT2D eigenvalue weighted by Gasteiger charge is 2.27. The van der Waals surface area contributed by atoms with Crippen molar-refractivity contribution >= 4 is 44.7 Å². The van der Waals surface area contributed by atoms with Gasteiger partial charge in [-0.15, -0.1) is 4.40 Å². The highest BCUT2D eigenvalue weighted by atomic mass is 35.5. The van der Waals surface area contributed by atoms with Gasteiger partial charge in [0.2, 0.25) is 5.91 Å². The molecule has 9 heteroatoms. The molecule has 0 saturated carbocycles. The third-order valence-corrected chi connectivity index (χ3v) is 7.15. The van der Waals surface area contributed by atoms with Gasteiger partial charge in [-0.1, -0.05) is 36.7 Å². The number of sulfonamides is 1. The van der Waals surface area contributed by atoms with E-state index in [1.807, 2.05) is 36.1 Å². The fraction of sp³-hybridized carbons (Fsp3) is 0.364. The first-order valence-electron chi connectivity index (χ1n) is 10.3. The Morgan fingerprint density at radius 1 is 1.13 bits per heavy atom. The van der Waals surface area contributed by atoms with Crippen molar-refractivity contribution in [2.75, 3.05) is 36.4 Å². The summed E-state index contributed by atoms with van der Waals surface area (Å²) in [5, 5.41) is 3.80. The molecule has 2 aromatic carbocycles. The molecule has 0 aromatic heterocycles. The lowest BCUT2D eigenvalue weighted by Crippen LogP contribution is -2.49. The first kappa shape index (κ1) is 21.6. The third-order valence-electron chi connectivity index (χ3n) is 5.54. The molecule has 1 N–H and O–H groups in total. The second-order valence-corrected chi connectivity index (χ2v) is 10.0. The Hall–Kier alpha value is -2.58. The minimum Gasteiger partial charge on any atom is -0.368 e. The Morgan fingerprint density at radius 2 is 1.87 bits per heavy atom. The normalized spacial score (nSPS) is 18.6. The topological polar surface area (TPSA) is 82.1 Å². The molecule has 1 fully saturated rings. The molecule has 2 aliphatic heterocycles. The van der Waals surface area contributed by atoms with Gasteiger partial charge in [0, 0.05) is 49.7 Å². The van der Waals surface area contributed by atoms with Crippen LogP contribution in [0.4, 0.5) is 11.4 Å². The first-order valence-corrected chi connectivity index (χ1v) is 12.1. The van der Waals surface area contributed by atoms with Gasteiger partial charge in [-0.25, -0.2) is 0 Å². The van der Waals surface area contributed by atoms with Crippen LogP contribution >= 0.6 is 11.6 Å². The lowest BCUT2D eigenvalue weighted by atomic mass is 10.0. The van der Waals surface area contributed by atoms with E-state index in [1.54, 1.807) is 18.2 Å². The fourth-order valence-electron chi connectivity index (χ4n) is 3.97. The summed E-state index contributed by atoms with van der Waals surface area (Å²) in [4.78, 5) is 17.1. The molecule has 1 amide bonds. The van der Waals surface area contributed by atoms with Crippen LogP contribution in [0.5, 0.6) is 0 Å². The summed E-state index contributed by atoms with van der Waals surface area (Å²) < 4.78 is 28.7. The van der Waals surface area contributed by atoms with Gasteiger partial charge in [0.05, 0.1) is 5.69 Å². The van der Waals surface area contributed by atoms with Crippen LogP contribution in [0, 0.1) is 5.92 Å². The number of amides is 1. The van der Waals surface area contributed by atoms with Gasteiger partial charge >= 0.3 is 0 Å². The zero-order valence-electron chi connectivity index (χ0n) is 17.3. The molecule has 7 nitrogen and oxygen atoms in total. The van der Waals surface area contributed by atoms with E-state index >= 15 is 0 Å². The van der Waals surface area contributed by atoms with Crippen LogP contribution in [0.1, 0.15) is 19.8 Å². The van der Waals surface area contributed by atoms with Crippen molar-refractivity contribution < 1.29 is 13.2 Å². The van der Waals surface area contributed by atoms with E-state index in [4.69, 9.17) is 11.6 Å². The maximum atomic E-state index is 12.8. The summed E-state index contributed by atoms with van der Waals surface area (Å²) in [5.41, 5.74) is 1.60. The van der Waals surface area contributed by atoms with Crippen LogP contribution in [-0.4, -0.2) is 51.2 Å². The van der Waals surface area contributed by atoms with Crippen molar-refractivity contribution in [3.63, 3.8) is 0 Å². The van der Waals surface area contributed by atoms with Crippen LogP contribution in [0.2, 0.25) is 5.02 Å². The smallest absolute Gasteiger partial charge is 0.286 e. The molecule has 1 unspecified atom stereocenters. The Labute approximate surface area is 187 Å². The summed E-state index contributed by atoms with van der Waals surface area (Å²) >= 11 is 6.08. The van der Waals surface area contributed by atoms with E-state index in [1.165, 1.54) is 6.07 Å². The molecule has 0 bridgehead atoms. The number of nitrogens with one attached hydrogen (secondary N) is 1. The van der Waals surface area contributed by atoms with Crippen molar-refractivity contribution in [1.82, 2.24) is 4.90 Å². The molecule has 164 valence electrons. The number of piperazine rings is 1. The van der Waals surface area contributed by atoms with Crippen molar-refractivity contribution in [2.45, 2.75) is 24.7 Å². The highest BCUT2D eigenvalue weighted by Crippen LogP contribution is 2.28. The maximum Gasteiger partial charge on any atom is 0.286 e. The molecule has 4 rings (SSSR count). The van der Waals surface area contributed by atoms with Crippen LogP contribution in [0.15, 0.2) is 57.8 Å². The summed E-state index contributed by atoms with van der Waals surface area (Å²) in [7, 11) is -3.71. The van der Waals surface area contributed by atoms with Crippen molar-refractivity contribution in [3.8, 4) is 0 Å². The Balaban J connectivity index is 1.31. The molecule has 2 heterocycles. The number of amidine groups is 1. The van der Waals surface area contributed by atoms with Crippen LogP contribution in [-0.2, 0) is 14.8 Å². The van der Waals surface area contributed by atoms with E-state index in [-0.39, 0.29) is 16.7 Å². The van der Waals surface area contributed by atoms with E-state index < -0.39 is 10.0 Å². The van der Waals surface area contributed by atoms with Gasteiger partial charge in [0.15, 0.2) is 0 Å². The number of para-hydroxylation sites is 1. The average Bonchev–Trinajstić information content (AvgIpc) is 2.73. The molecule has 1 saturated heterocycles. The summed E-state index contributed by atoms with van der Waals surface area (Å²) in [6.45, 7) is 4.75. The van der Waals surface area contributed by atoms with Gasteiger partial charge in [0.25, 0.3) is 10.0 Å². The minimum absolute atomic E-state index is 0.0369. The van der Waals surface area contributed by atoms with Crippen LogP contribution in [0.25, 0.3) is 0 Å². The monoisotopic (exact) mass is 460 g/mol. The molecule has 2 aliphatic rings. The Morgan fingerprint density at radius 3 is 2.61 bits per heavy atom. The fourth-order valence-corrected chi connectivity index (χ4v) is 5.31. The number of anilines is 2. The van der Waals surface area contributed by atoms with Crippen molar-refractivity contribution in [1.29, 1.82) is 0 Å². The van der Waals surface area contributed by atoms with Crippen molar-refractivity contribution in [3.05, 3.63) is 53.6 Å². The van der Waals surface area contributed by atoms with E-state index in [9.17, 15) is 13.2 Å². The molecular formula is C22H25ClN4O3S. The van der Waals surface area contributed by atoms with Gasteiger partial charge in [-0.2, -0.15) is 8.42 Å². The predicted octanol–water partition coefficient (Wildman–Crippen LogP) is 3.62. The molecule has 0 spiro atoms. The number of rotatable bonds is 5. The second-order valence-electron chi connectivity index (χ2n) is 8.00. The van der Waals surface area contributed by atoms with Gasteiger partial charge in [0.1, 0.15) is 10.7 Å². The van der Waals surface area contributed by atoms with E-state index in [0.717, 1.165) is 18.8 Å². The van der Waals surface area contributed by atoms with Crippen LogP contribution < -0.4 is 10.2 Å². The largest absolute Gasteiger partial charge is 0.368 e. The van der Waals surface area contributed by atoms with E-state index in [2.05, 4.69) is 14.6 Å². The Kier molecular flexibility index (Phi) is 6.20. The number of hydrogen-bond donors (Lipinski definition) is 1. The zero-order valence-corrected chi connectivity index (χ0v) is 18.9. The number of benzene rings is 2. The standard InChI is InChI=1S/C22H25ClN4O3S/c1-16(13-21-24-19-7-2-3-8-20(19)31(29,30)25-21)14-22(28)27-11-9-26(10-12-27)18-6-4-5-17(23)15-18/h2-8,15-16H,9-14H2,1H3,(H,24,25). The summed E-state index contributed by atoms with van der Waals surface area (Å²) in [6.07, 6.45) is 0.737. The lowest BCUT2D eigenvalue weighted by Gasteiger charge is -2.36. The number of carbonyl (C=O) groups excluding carboxylic acids is 1. The number of hydrogen-bond acceptors (Lipinski definition) is 5. The molecule has 1 atom stereocenters. The molecule has 31 heavy (non-hydrogen) atoms. The number of nitrogens with zero attached hydrogens (tertiary/aromatic N) is 3. The summed E-state index contributed by atoms with van der Waals surface area (Å²) in [5.74, 6) is 0.424. The van der Waals surface area contributed by atoms with Crippen molar-refractivity contribution in [2.24, 2.45) is 10.3 Å². The molecular weight excluding hydrogens is 436 g/mol. The van der Waals surface area contributed by atoms with Gasteiger partial charge in [-0.3, -0.25) is 4.79 Å². The molecule has 0 aliphatic carbocycles. The van der Waals surface area contributed by atoms with Crippen LogP contribution in [0.3, 0.4) is 0 Å². The number of carbonyl (C=O) groups is 1. The zero-order chi connectivity index (χ0) is 22.0.